The zero-order valence-electron chi connectivity index (χ0n) is 18.7. The van der Waals surface area contributed by atoms with Gasteiger partial charge in [0.2, 0.25) is 0 Å². The van der Waals surface area contributed by atoms with Crippen LogP contribution in [0.3, 0.4) is 0 Å². The molecule has 4 saturated heterocycles. The van der Waals surface area contributed by atoms with E-state index >= 15 is 0 Å². The number of piperidine rings is 4. The first-order chi connectivity index (χ1) is 15.5. The summed E-state index contributed by atoms with van der Waals surface area (Å²) in [4.78, 5) is 23.3. The predicted molar refractivity (Wildman–Crippen MR) is 118 cm³/mol. The van der Waals surface area contributed by atoms with Crippen molar-refractivity contribution in [3.63, 3.8) is 0 Å². The van der Waals surface area contributed by atoms with Gasteiger partial charge in [-0.2, -0.15) is 0 Å². The summed E-state index contributed by atoms with van der Waals surface area (Å²) >= 11 is 0. The average Bonchev–Trinajstić information content (AvgIpc) is 2.80. The van der Waals surface area contributed by atoms with Crippen molar-refractivity contribution in [1.82, 2.24) is 21.3 Å². The molecule has 0 radical (unpaired) electrons. The van der Waals surface area contributed by atoms with Crippen LogP contribution < -0.4 is 21.3 Å². The number of carboxylic acids is 2. The summed E-state index contributed by atoms with van der Waals surface area (Å²) in [5.41, 5.74) is 0. The fraction of sp³-hybridized carbons (Fsp3) is 0.917. The Labute approximate surface area is 189 Å². The second kappa shape index (κ2) is 8.22. The number of carbonyl (C=O) groups is 2. The van der Waals surface area contributed by atoms with E-state index in [4.69, 9.17) is 0 Å². The van der Waals surface area contributed by atoms with Gasteiger partial charge in [0.1, 0.15) is 12.1 Å². The van der Waals surface area contributed by atoms with Crippen molar-refractivity contribution < 1.29 is 19.8 Å². The van der Waals surface area contributed by atoms with Gasteiger partial charge < -0.3 is 10.2 Å². The van der Waals surface area contributed by atoms with Crippen molar-refractivity contribution in [3.05, 3.63) is 0 Å². The van der Waals surface area contributed by atoms with Crippen LogP contribution in [0, 0.1) is 29.6 Å². The van der Waals surface area contributed by atoms with E-state index in [-0.39, 0.29) is 18.2 Å². The molecule has 0 spiro atoms. The smallest absolute Gasteiger partial charge is 0.320 e. The maximum absolute atomic E-state index is 11.6. The number of hydrogen-bond donors (Lipinski definition) is 6. The molecule has 8 nitrogen and oxygen atoms in total. The molecule has 6 aliphatic rings. The minimum absolute atomic E-state index is 0.243. The fourth-order valence-corrected chi connectivity index (χ4v) is 8.55. The monoisotopic (exact) mass is 446 g/mol. The van der Waals surface area contributed by atoms with Crippen LogP contribution in [0.2, 0.25) is 0 Å². The second-order valence-electron chi connectivity index (χ2n) is 11.6. The summed E-state index contributed by atoms with van der Waals surface area (Å²) in [6.07, 6.45) is 11.1. The van der Waals surface area contributed by atoms with Crippen LogP contribution in [0.4, 0.5) is 0 Å². The largest absolute Gasteiger partial charge is 0.480 e. The molecule has 0 aromatic carbocycles. The third kappa shape index (κ3) is 3.58. The van der Waals surface area contributed by atoms with Gasteiger partial charge in [0.15, 0.2) is 0 Å². The summed E-state index contributed by atoms with van der Waals surface area (Å²) in [6, 6.07) is 0.298. The van der Waals surface area contributed by atoms with Crippen LogP contribution >= 0.6 is 0 Å². The van der Waals surface area contributed by atoms with Crippen LogP contribution in [-0.2, 0) is 9.59 Å². The van der Waals surface area contributed by atoms with E-state index in [1.807, 2.05) is 0 Å². The van der Waals surface area contributed by atoms with Crippen molar-refractivity contribution >= 4 is 11.9 Å². The first kappa shape index (κ1) is 21.3. The topological polar surface area (TPSA) is 123 Å². The van der Waals surface area contributed by atoms with Gasteiger partial charge in [-0.1, -0.05) is 0 Å². The maximum atomic E-state index is 11.6. The molecule has 4 heterocycles. The van der Waals surface area contributed by atoms with Crippen molar-refractivity contribution in [2.24, 2.45) is 29.6 Å². The number of rotatable bonds is 2. The van der Waals surface area contributed by atoms with E-state index in [1.165, 1.54) is 38.5 Å². The van der Waals surface area contributed by atoms with Gasteiger partial charge in [0, 0.05) is 24.2 Å². The van der Waals surface area contributed by atoms with Crippen molar-refractivity contribution in [1.29, 1.82) is 0 Å². The quantitative estimate of drug-likeness (QED) is 0.373. The van der Waals surface area contributed by atoms with Gasteiger partial charge in [-0.05, 0) is 93.8 Å². The molecule has 178 valence electrons. The predicted octanol–water partition coefficient (Wildman–Crippen LogP) is 1.12. The highest BCUT2D eigenvalue weighted by Crippen LogP contribution is 2.47. The van der Waals surface area contributed by atoms with Gasteiger partial charge in [0.05, 0.1) is 6.17 Å². The normalized spacial score (nSPS) is 52.4. The van der Waals surface area contributed by atoms with Gasteiger partial charge >= 0.3 is 11.9 Å². The van der Waals surface area contributed by atoms with Crippen LogP contribution in [0.1, 0.15) is 64.2 Å². The molecule has 0 bridgehead atoms. The van der Waals surface area contributed by atoms with E-state index in [1.54, 1.807) is 0 Å². The van der Waals surface area contributed by atoms with E-state index in [2.05, 4.69) is 21.3 Å². The third-order valence-electron chi connectivity index (χ3n) is 10.1. The van der Waals surface area contributed by atoms with Gasteiger partial charge in [-0.3, -0.25) is 30.9 Å². The highest BCUT2D eigenvalue weighted by Gasteiger charge is 2.53. The summed E-state index contributed by atoms with van der Waals surface area (Å²) < 4.78 is 0. The number of fused-ring (bicyclic) bond motifs is 7. The summed E-state index contributed by atoms with van der Waals surface area (Å²) in [6.45, 7) is 0. The van der Waals surface area contributed by atoms with Crippen LogP contribution in [0.25, 0.3) is 0 Å². The average molecular weight is 447 g/mol. The highest BCUT2D eigenvalue weighted by molar-refractivity contribution is 5.74. The molecular weight excluding hydrogens is 408 g/mol. The molecule has 10 atom stereocenters. The Morgan fingerprint density at radius 2 is 0.875 bits per heavy atom. The first-order valence-corrected chi connectivity index (χ1v) is 13.0. The molecule has 0 aromatic heterocycles. The summed E-state index contributed by atoms with van der Waals surface area (Å²) in [7, 11) is 0. The van der Waals surface area contributed by atoms with Crippen molar-refractivity contribution in [2.75, 3.05) is 0 Å². The molecule has 32 heavy (non-hydrogen) atoms. The molecule has 6 rings (SSSR count). The second-order valence-corrected chi connectivity index (χ2v) is 11.6. The third-order valence-corrected chi connectivity index (χ3v) is 10.1. The molecule has 8 heteroatoms. The summed E-state index contributed by atoms with van der Waals surface area (Å²) in [5, 5.41) is 34.1. The molecule has 2 aliphatic carbocycles. The zero-order valence-corrected chi connectivity index (χ0v) is 18.7. The Kier molecular flexibility index (Phi) is 5.48. The Hall–Kier alpha value is -1.22. The lowest BCUT2D eigenvalue weighted by Crippen LogP contribution is -2.75. The van der Waals surface area contributed by atoms with Crippen LogP contribution in [0.15, 0.2) is 0 Å². The minimum Gasteiger partial charge on any atom is -0.480 e. The molecule has 0 aromatic rings. The lowest BCUT2D eigenvalue weighted by Gasteiger charge is -2.58. The Morgan fingerprint density at radius 3 is 1.31 bits per heavy atom. The molecule has 2 saturated carbocycles. The van der Waals surface area contributed by atoms with Gasteiger partial charge in [0.25, 0.3) is 0 Å². The SMILES string of the molecule is O=C(O)C1CCC2CCC3CC4CC5CCC6CCC(C(=O)O)NC6C5NC4NC3C2N1. The van der Waals surface area contributed by atoms with Gasteiger partial charge in [-0.15, -0.1) is 0 Å². The number of aliphatic carboxylic acids is 2. The molecule has 10 unspecified atom stereocenters. The number of hydrogen-bond acceptors (Lipinski definition) is 6. The lowest BCUT2D eigenvalue weighted by molar-refractivity contribution is -0.142. The first-order valence-electron chi connectivity index (χ1n) is 13.0. The molecule has 6 fully saturated rings. The number of carboxylic acid groups (broad SMARTS) is 2. The Balaban J connectivity index is 1.18. The highest BCUT2D eigenvalue weighted by atomic mass is 16.4. The summed E-state index contributed by atoms with van der Waals surface area (Å²) in [5.74, 6) is 1.56. The Morgan fingerprint density at radius 1 is 0.500 bits per heavy atom. The molecular formula is C24H38N4O4. The van der Waals surface area contributed by atoms with E-state index in [0.717, 1.165) is 25.7 Å². The standard InChI is InChI=1S/C24H38N4O4/c29-23(30)16-7-5-11-1-3-13-9-15-10-14-4-2-12-6-8-17(24(31)32)26-19(12)21(14)28-22(15)27-20(13)18(11)25-16/h11-22,25-28H,1-10H2,(H,29,30)(H,31,32). The molecule has 4 aliphatic heterocycles. The van der Waals surface area contributed by atoms with Crippen LogP contribution in [-0.4, -0.2) is 64.6 Å². The van der Waals surface area contributed by atoms with Gasteiger partial charge in [-0.25, -0.2) is 0 Å². The van der Waals surface area contributed by atoms with Crippen molar-refractivity contribution in [2.45, 2.75) is 107 Å². The van der Waals surface area contributed by atoms with E-state index < -0.39 is 24.0 Å². The molecule has 6 N–H and O–H groups in total. The van der Waals surface area contributed by atoms with E-state index in [0.29, 0.717) is 41.7 Å². The van der Waals surface area contributed by atoms with Crippen LogP contribution in [0.5, 0.6) is 0 Å². The zero-order chi connectivity index (χ0) is 22.0. The van der Waals surface area contributed by atoms with Crippen molar-refractivity contribution in [3.8, 4) is 0 Å². The lowest BCUT2D eigenvalue weighted by atomic mass is 9.61. The Bertz CT molecular complexity index is 704. The fourth-order valence-electron chi connectivity index (χ4n) is 8.55. The molecule has 0 amide bonds. The minimum atomic E-state index is -0.720. The van der Waals surface area contributed by atoms with E-state index in [9.17, 15) is 19.8 Å². The maximum Gasteiger partial charge on any atom is 0.320 e. The number of nitrogens with one attached hydrogen (secondary N) is 4.